The van der Waals surface area contributed by atoms with Crippen LogP contribution in [0.4, 0.5) is 85.3 Å². The van der Waals surface area contributed by atoms with E-state index in [9.17, 15) is 76.7 Å². The van der Waals surface area contributed by atoms with E-state index in [4.69, 9.17) is 40.1 Å². The number of carbonyl (C=O) groups is 16. The standard InChI is InChI=1S/C25H25N3O4.3C22H20N4O4/c1-14-6-10-16(11-7-14)27-18(29)22(2)23(3,19(27)30)25(5)21(32)28(20(31)24(22,25)4)17-12-8-15(26)9-13-17;1-21-15(17(27)25(19(21)29)13-7-3-11(23)4-8-13)22(2)16(21)18(28)26(20(22)30)14-9-5-12(24)6-10-14;1-21-15(17(27)25(19(21)29)13-7-3-11(23)4-8-13)16-18(28)26(20(30)22(16,21)2)14-9-5-12(24)6-10-14;1-21-15-16(18(28)25(17(15)27)13-7-3-11(23)4-8-13)22(21,2)20(30)26(19(21)29)14-9-5-12(24)6-10-14/h6-13H,26H2,1-5H3;3*3-10,15-16H,23-24H2,1-2H3. The number of hydrogen-bond donors (Lipinski definition) is 7. The van der Waals surface area contributed by atoms with Crippen LogP contribution in [0.15, 0.2) is 194 Å². The zero-order chi connectivity index (χ0) is 88.2. The number of benzene rings is 8. The van der Waals surface area contributed by atoms with E-state index in [2.05, 4.69) is 0 Å². The molecule has 31 heteroatoms. The molecular weight excluding hydrogens is 1560 g/mol. The summed E-state index contributed by atoms with van der Waals surface area (Å²) in [4.78, 5) is 224. The average molecular weight is 1640 g/mol. The van der Waals surface area contributed by atoms with E-state index in [1.54, 1.807) is 251 Å². The van der Waals surface area contributed by atoms with Crippen molar-refractivity contribution in [3.8, 4) is 0 Å². The van der Waals surface area contributed by atoms with Gasteiger partial charge >= 0.3 is 0 Å². The predicted molar refractivity (Wildman–Crippen MR) is 449 cm³/mol. The van der Waals surface area contributed by atoms with Crippen LogP contribution in [-0.4, -0.2) is 94.5 Å². The lowest BCUT2D eigenvalue weighted by atomic mass is 9.27. The van der Waals surface area contributed by atoms with Gasteiger partial charge in [-0.15, -0.1) is 0 Å². The second-order valence-electron chi connectivity index (χ2n) is 35.4. The molecule has 8 saturated heterocycles. The van der Waals surface area contributed by atoms with Crippen LogP contribution in [0.3, 0.4) is 0 Å². The molecular formula is C91H85N15O16. The summed E-state index contributed by atoms with van der Waals surface area (Å²) in [6.45, 7) is 18.2. The SMILES string of the molecule is CC12C(=O)N(c3ccc(N)cc3)C(=O)C1(C)C1C(=O)N(c3ccc(N)cc3)C(=O)C12.CC12C(=O)N(c3ccc(N)cc3)C(=O)C1C1(C)C(=O)N(c3ccc(N)cc3)C(=O)C21.CC12C(=O)N(c3ccc(N)cc3)C(=O)C1C1C(=O)N(c3ccc(N)cc3)C(=O)C12C.Cc1ccc(N2C(=O)C3(C)C(C)(C2=O)C2(C)C(=O)N(c4ccc(N)cc4)C(=O)C32C)cc1. The highest BCUT2D eigenvalue weighted by molar-refractivity contribution is 6.40. The van der Waals surface area contributed by atoms with Crippen LogP contribution in [0.5, 0.6) is 0 Å². The smallest absolute Gasteiger partial charge is 0.241 e. The maximum atomic E-state index is 13.8. The predicted octanol–water partition coefficient (Wildman–Crippen LogP) is 7.73. The first-order valence-corrected chi connectivity index (χ1v) is 39.4. The van der Waals surface area contributed by atoms with Gasteiger partial charge in [-0.3, -0.25) is 76.7 Å². The first-order valence-electron chi connectivity index (χ1n) is 39.4. The van der Waals surface area contributed by atoms with Gasteiger partial charge in [-0.05, 0) is 258 Å². The van der Waals surface area contributed by atoms with Crippen molar-refractivity contribution in [3.63, 3.8) is 0 Å². The minimum atomic E-state index is -1.38. The Morgan fingerprint density at radius 3 is 0.566 bits per heavy atom. The fourth-order valence-electron chi connectivity index (χ4n) is 23.0. The van der Waals surface area contributed by atoms with Crippen LogP contribution < -0.4 is 79.3 Å². The second kappa shape index (κ2) is 25.5. The van der Waals surface area contributed by atoms with Crippen molar-refractivity contribution in [3.05, 3.63) is 200 Å². The molecule has 0 spiro atoms. The maximum absolute atomic E-state index is 13.8. The molecule has 4 aliphatic carbocycles. The van der Waals surface area contributed by atoms with Gasteiger partial charge in [0.1, 0.15) is 0 Å². The van der Waals surface area contributed by atoms with Crippen molar-refractivity contribution in [2.45, 2.75) is 76.2 Å². The number of aryl methyl sites for hydroxylation is 1. The van der Waals surface area contributed by atoms with Crippen LogP contribution in [0.25, 0.3) is 0 Å². The largest absolute Gasteiger partial charge is 0.399 e. The average Bonchev–Trinajstić information content (AvgIpc) is 1.42. The monoisotopic (exact) mass is 1640 g/mol. The van der Waals surface area contributed by atoms with E-state index in [-0.39, 0.29) is 0 Å². The third-order valence-corrected chi connectivity index (χ3v) is 30.4. The van der Waals surface area contributed by atoms with Crippen molar-refractivity contribution in [2.24, 2.45) is 89.7 Å². The van der Waals surface area contributed by atoms with Crippen molar-refractivity contribution in [2.75, 3.05) is 79.3 Å². The molecule has 8 aliphatic heterocycles. The van der Waals surface area contributed by atoms with Gasteiger partial charge in [0.25, 0.3) is 0 Å². The van der Waals surface area contributed by atoms with E-state index >= 15 is 0 Å². The zero-order valence-corrected chi connectivity index (χ0v) is 68.1. The number of anilines is 15. The molecule has 12 fully saturated rings. The maximum Gasteiger partial charge on any atom is 0.241 e. The molecule has 4 saturated carbocycles. The molecule has 620 valence electrons. The molecule has 122 heavy (non-hydrogen) atoms. The van der Waals surface area contributed by atoms with Gasteiger partial charge in [0.05, 0.1) is 135 Å². The van der Waals surface area contributed by atoms with Crippen LogP contribution >= 0.6 is 0 Å². The summed E-state index contributed by atoms with van der Waals surface area (Å²) in [6.07, 6.45) is 0. The normalized spacial score (nSPS) is 33.2. The molecule has 14 N–H and O–H groups in total. The van der Waals surface area contributed by atoms with Gasteiger partial charge in [-0.25, -0.2) is 39.2 Å². The summed E-state index contributed by atoms with van der Waals surface area (Å²) in [5.74, 6) is -12.8. The number of imide groups is 8. The first-order chi connectivity index (χ1) is 57.3. The zero-order valence-electron chi connectivity index (χ0n) is 68.1. The molecule has 8 aromatic carbocycles. The van der Waals surface area contributed by atoms with Gasteiger partial charge in [-0.2, -0.15) is 0 Å². The molecule has 12 aliphatic rings. The molecule has 8 heterocycles. The lowest BCUT2D eigenvalue weighted by Crippen LogP contribution is -2.77. The number of carbonyl (C=O) groups excluding carboxylic acids is 16. The highest BCUT2D eigenvalue weighted by Crippen LogP contribution is 2.85. The molecule has 31 nitrogen and oxygen atoms in total. The number of rotatable bonds is 8. The van der Waals surface area contributed by atoms with Gasteiger partial charge < -0.3 is 40.1 Å². The van der Waals surface area contributed by atoms with E-state index in [0.717, 1.165) is 44.8 Å². The van der Waals surface area contributed by atoms with Crippen molar-refractivity contribution >= 4 is 180 Å². The molecule has 16 amide bonds. The molecule has 12 unspecified atom stereocenters. The Hall–Kier alpha value is -14.5. The quantitative estimate of drug-likeness (QED) is 0.0565. The van der Waals surface area contributed by atoms with Crippen LogP contribution in [0.1, 0.15) is 74.8 Å². The molecule has 0 radical (unpaired) electrons. The van der Waals surface area contributed by atoms with Gasteiger partial charge in [0.15, 0.2) is 0 Å². The first kappa shape index (κ1) is 79.9. The highest BCUT2D eigenvalue weighted by atomic mass is 16.2. The van der Waals surface area contributed by atoms with Crippen molar-refractivity contribution in [1.82, 2.24) is 0 Å². The third kappa shape index (κ3) is 9.11. The van der Waals surface area contributed by atoms with Gasteiger partial charge in [0.2, 0.25) is 94.5 Å². The van der Waals surface area contributed by atoms with Gasteiger partial charge in [-0.1, -0.05) is 17.7 Å². The highest BCUT2D eigenvalue weighted by Gasteiger charge is 2.97. The van der Waals surface area contributed by atoms with E-state index < -0.39 is 184 Å². The Bertz CT molecular complexity index is 5600. The summed E-state index contributed by atoms with van der Waals surface area (Å²) in [5, 5.41) is 0. The Labute approximate surface area is 698 Å². The van der Waals surface area contributed by atoms with Gasteiger partial charge in [0, 0.05) is 39.8 Å². The minimum Gasteiger partial charge on any atom is -0.399 e. The minimum absolute atomic E-state index is 0.379. The van der Waals surface area contributed by atoms with Crippen LogP contribution in [-0.2, 0) is 76.7 Å². The fourth-order valence-corrected chi connectivity index (χ4v) is 23.0. The Morgan fingerprint density at radius 1 is 0.197 bits per heavy atom. The molecule has 12 atom stereocenters. The Morgan fingerprint density at radius 2 is 0.352 bits per heavy atom. The Balaban J connectivity index is 0.000000116. The lowest BCUT2D eigenvalue weighted by molar-refractivity contribution is -0.243. The van der Waals surface area contributed by atoms with Crippen LogP contribution in [0, 0.1) is 96.6 Å². The molecule has 20 rings (SSSR count). The summed E-state index contributed by atoms with van der Waals surface area (Å²) >= 11 is 0. The summed E-state index contributed by atoms with van der Waals surface area (Å²) in [5.41, 5.74) is 34.4. The summed E-state index contributed by atoms with van der Waals surface area (Å²) in [6, 6.07) is 51.7. The number of amides is 16. The molecule has 0 aromatic heterocycles. The molecule has 0 bridgehead atoms. The summed E-state index contributed by atoms with van der Waals surface area (Å²) in [7, 11) is 0. The number of nitrogens with zero attached hydrogens (tertiary/aromatic N) is 8. The van der Waals surface area contributed by atoms with E-state index in [0.29, 0.717) is 85.3 Å². The Kier molecular flexibility index (Phi) is 16.7. The summed E-state index contributed by atoms with van der Waals surface area (Å²) < 4.78 is 0. The van der Waals surface area contributed by atoms with Crippen LogP contribution in [0.2, 0.25) is 0 Å². The van der Waals surface area contributed by atoms with E-state index in [1.807, 2.05) is 19.1 Å². The topological polar surface area (TPSA) is 481 Å². The number of nitrogens with two attached hydrogens (primary N) is 7. The fraction of sp³-hybridized carbons (Fsp3) is 0.297. The van der Waals surface area contributed by atoms with Crippen molar-refractivity contribution in [1.29, 1.82) is 0 Å². The number of hydrogen-bond acceptors (Lipinski definition) is 23. The van der Waals surface area contributed by atoms with E-state index in [1.165, 1.54) is 0 Å². The number of nitrogen functional groups attached to an aromatic ring is 7. The lowest BCUT2D eigenvalue weighted by Gasteiger charge is -2.67. The number of fused-ring (bicyclic) bond motifs is 16. The molecule has 8 aromatic rings. The third-order valence-electron chi connectivity index (χ3n) is 30.4. The second-order valence-corrected chi connectivity index (χ2v) is 35.4. The van der Waals surface area contributed by atoms with Crippen molar-refractivity contribution < 1.29 is 76.7 Å².